The minimum atomic E-state index is -0.327. The van der Waals surface area contributed by atoms with Crippen molar-refractivity contribution in [2.75, 3.05) is 38.2 Å². The van der Waals surface area contributed by atoms with E-state index in [0.717, 1.165) is 83.7 Å². The lowest BCUT2D eigenvalue weighted by Gasteiger charge is -2.31. The number of carbonyl (C=O) groups excluding carboxylic acids is 2. The lowest BCUT2D eigenvalue weighted by atomic mass is 10.00. The van der Waals surface area contributed by atoms with E-state index in [2.05, 4.69) is 51.2 Å². The van der Waals surface area contributed by atoms with Crippen molar-refractivity contribution in [3.8, 4) is 11.1 Å². The van der Waals surface area contributed by atoms with Crippen LogP contribution in [0, 0.1) is 5.82 Å². The van der Waals surface area contributed by atoms with Crippen LogP contribution in [-0.2, 0) is 37.3 Å². The summed E-state index contributed by atoms with van der Waals surface area (Å²) in [5.74, 6) is -0.937. The number of hydrogen-bond acceptors (Lipinski definition) is 8. The van der Waals surface area contributed by atoms with Gasteiger partial charge in [-0.25, -0.2) is 14.1 Å². The van der Waals surface area contributed by atoms with Gasteiger partial charge >= 0.3 is 0 Å². The van der Waals surface area contributed by atoms with Crippen molar-refractivity contribution in [2.24, 2.45) is 0 Å². The molecule has 0 saturated carbocycles. The van der Waals surface area contributed by atoms with Gasteiger partial charge in [-0.3, -0.25) is 14.5 Å². The Morgan fingerprint density at radius 1 is 0.945 bits per heavy atom. The van der Waals surface area contributed by atoms with E-state index < -0.39 is 0 Å². The molecule has 2 aromatic heterocycles. The van der Waals surface area contributed by atoms with E-state index in [1.54, 1.807) is 36.4 Å². The summed E-state index contributed by atoms with van der Waals surface area (Å²) in [6.45, 7) is 12.6. The van der Waals surface area contributed by atoms with Crippen molar-refractivity contribution >= 4 is 28.5 Å². The first kappa shape index (κ1) is 38.1. The number of carbonyl (C=O) groups is 2. The summed E-state index contributed by atoms with van der Waals surface area (Å²) >= 11 is 0. The molecule has 1 atom stereocenters. The number of anilines is 1. The molecule has 3 aromatic carbocycles. The maximum Gasteiger partial charge on any atom is 0.251 e. The Morgan fingerprint density at radius 3 is 2.45 bits per heavy atom. The molecule has 2 aliphatic rings. The fourth-order valence-electron chi connectivity index (χ4n) is 7.61. The summed E-state index contributed by atoms with van der Waals surface area (Å²) in [6.07, 6.45) is 4.31. The molecule has 2 amide bonds. The smallest absolute Gasteiger partial charge is 0.251 e. The zero-order valence-corrected chi connectivity index (χ0v) is 32.0. The molecule has 0 unspecified atom stereocenters. The monoisotopic (exact) mass is 746 g/mol. The van der Waals surface area contributed by atoms with Gasteiger partial charge in [0.05, 0.1) is 17.3 Å². The number of hydrogen-bond donors (Lipinski definition) is 4. The summed E-state index contributed by atoms with van der Waals surface area (Å²) in [5.41, 5.74) is 7.52. The van der Waals surface area contributed by atoms with E-state index in [1.807, 2.05) is 36.0 Å². The van der Waals surface area contributed by atoms with Crippen molar-refractivity contribution in [1.82, 2.24) is 35.6 Å². The molecule has 55 heavy (non-hydrogen) atoms. The van der Waals surface area contributed by atoms with Gasteiger partial charge in [0.25, 0.3) is 11.8 Å². The Hall–Kier alpha value is -5.17. The topological polar surface area (TPSA) is 125 Å². The van der Waals surface area contributed by atoms with Crippen molar-refractivity contribution in [2.45, 2.75) is 78.3 Å². The molecule has 2 saturated heterocycles. The summed E-state index contributed by atoms with van der Waals surface area (Å²) in [7, 11) is 0. The molecule has 0 spiro atoms. The number of fused-ring (bicyclic) bond motifs is 1. The van der Waals surface area contributed by atoms with Gasteiger partial charge in [0.2, 0.25) is 0 Å². The number of nitrogens with zero attached hydrogens (tertiary/aromatic N) is 4. The summed E-state index contributed by atoms with van der Waals surface area (Å²) in [6, 6.07) is 20.3. The average Bonchev–Trinajstić information content (AvgIpc) is 3.63. The second kappa shape index (κ2) is 17.5. The number of rotatable bonds is 13. The minimum Gasteiger partial charge on any atom is -0.381 e. The minimum absolute atomic E-state index is 0.202. The van der Waals surface area contributed by atoms with Crippen LogP contribution in [0.15, 0.2) is 72.9 Å². The molecule has 4 N–H and O–H groups in total. The van der Waals surface area contributed by atoms with Crippen LogP contribution in [0.2, 0.25) is 0 Å². The highest BCUT2D eigenvalue weighted by Crippen LogP contribution is 2.31. The predicted molar refractivity (Wildman–Crippen MR) is 213 cm³/mol. The van der Waals surface area contributed by atoms with Gasteiger partial charge in [0.15, 0.2) is 5.65 Å². The van der Waals surface area contributed by atoms with E-state index in [4.69, 9.17) is 9.72 Å². The number of ether oxygens (including phenoxy) is 1. The Balaban J connectivity index is 1.02. The van der Waals surface area contributed by atoms with Crippen LogP contribution in [-0.4, -0.2) is 76.4 Å². The fraction of sp³-hybridized carbons (Fsp3) is 0.395. The SMILES string of the molecule is CCc1nc2c(cnn2CC)c(NC2CCOCC2)c1CNC(=O)c1cccc(C(=O)NCc2ccc(F)c(-c3cccc(CN4CCN[C@@H](C)C4)c3)c2)c1. The Kier molecular flexibility index (Phi) is 12.1. The molecule has 7 rings (SSSR count). The highest BCUT2D eigenvalue weighted by atomic mass is 19.1. The van der Waals surface area contributed by atoms with Gasteiger partial charge in [-0.15, -0.1) is 0 Å². The van der Waals surface area contributed by atoms with E-state index in [0.29, 0.717) is 48.9 Å². The predicted octanol–water partition coefficient (Wildman–Crippen LogP) is 6.06. The van der Waals surface area contributed by atoms with Crippen LogP contribution >= 0.6 is 0 Å². The maximum absolute atomic E-state index is 15.1. The molecular weight excluding hydrogens is 696 g/mol. The van der Waals surface area contributed by atoms with Crippen LogP contribution in [0.3, 0.4) is 0 Å². The number of aryl methyl sites for hydroxylation is 2. The number of aromatic nitrogens is 3. The molecule has 0 aliphatic carbocycles. The number of pyridine rings is 1. The highest BCUT2D eigenvalue weighted by molar-refractivity contribution is 6.00. The molecule has 11 nitrogen and oxygen atoms in total. The Morgan fingerprint density at radius 2 is 1.71 bits per heavy atom. The normalized spacial score (nSPS) is 16.6. The summed E-state index contributed by atoms with van der Waals surface area (Å²) < 4.78 is 22.6. The number of amides is 2. The van der Waals surface area contributed by atoms with E-state index in [1.165, 1.54) is 6.07 Å². The number of halogens is 1. The maximum atomic E-state index is 15.1. The first-order valence-electron chi connectivity index (χ1n) is 19.5. The second-order valence-corrected chi connectivity index (χ2v) is 14.5. The molecular formula is C43H51FN8O3. The molecule has 288 valence electrons. The summed E-state index contributed by atoms with van der Waals surface area (Å²) in [5, 5.41) is 18.8. The zero-order valence-electron chi connectivity index (χ0n) is 32.0. The molecule has 12 heteroatoms. The standard InChI is InChI=1S/C43H51FN8O3/c1-4-39-36(40(49-34-14-18-55-19-15-34)37-25-48-52(5-2)41(37)50-39)24-47-43(54)33-11-7-10-32(22-33)42(53)46-23-29-12-13-38(44)35(21-29)31-9-6-8-30(20-31)27-51-17-16-45-28(3)26-51/h6-13,20-22,25,28,34,45H,4-5,14-19,23-24,26-27H2,1-3H3,(H,46,53)(H,47,54)(H,49,50)/t28-/m0/s1. The largest absolute Gasteiger partial charge is 0.381 e. The lowest BCUT2D eigenvalue weighted by molar-refractivity contribution is 0.0904. The van der Waals surface area contributed by atoms with E-state index >= 15 is 4.39 Å². The molecule has 2 aliphatic heterocycles. The molecule has 0 bridgehead atoms. The fourth-order valence-corrected chi connectivity index (χ4v) is 7.61. The van der Waals surface area contributed by atoms with Crippen molar-refractivity contribution < 1.29 is 18.7 Å². The van der Waals surface area contributed by atoms with Crippen LogP contribution in [0.25, 0.3) is 22.2 Å². The highest BCUT2D eigenvalue weighted by Gasteiger charge is 2.23. The van der Waals surface area contributed by atoms with Crippen LogP contribution in [0.1, 0.15) is 76.7 Å². The molecule has 5 aromatic rings. The molecule has 0 radical (unpaired) electrons. The van der Waals surface area contributed by atoms with Gasteiger partial charge in [-0.1, -0.05) is 37.3 Å². The van der Waals surface area contributed by atoms with Gasteiger partial charge in [0.1, 0.15) is 5.82 Å². The molecule has 2 fully saturated rings. The Labute approximate surface area is 322 Å². The van der Waals surface area contributed by atoms with Gasteiger partial charge in [-0.2, -0.15) is 5.10 Å². The average molecular weight is 747 g/mol. The Bertz CT molecular complexity index is 2150. The second-order valence-electron chi connectivity index (χ2n) is 14.5. The number of nitrogens with one attached hydrogen (secondary N) is 4. The third kappa shape index (κ3) is 9.04. The van der Waals surface area contributed by atoms with Crippen LogP contribution in [0.5, 0.6) is 0 Å². The third-order valence-corrected chi connectivity index (χ3v) is 10.6. The zero-order chi connectivity index (χ0) is 38.3. The quantitative estimate of drug-likeness (QED) is 0.115. The van der Waals surface area contributed by atoms with Crippen molar-refractivity contribution in [3.05, 3.63) is 112 Å². The number of benzene rings is 3. The van der Waals surface area contributed by atoms with E-state index in [9.17, 15) is 9.59 Å². The van der Waals surface area contributed by atoms with Gasteiger partial charge < -0.3 is 26.0 Å². The lowest BCUT2D eigenvalue weighted by Crippen LogP contribution is -2.48. The molecule has 4 heterocycles. The first-order chi connectivity index (χ1) is 26.8. The third-order valence-electron chi connectivity index (χ3n) is 10.6. The van der Waals surface area contributed by atoms with Gasteiger partial charge in [-0.05, 0) is 86.2 Å². The van der Waals surface area contributed by atoms with Gasteiger partial charge in [0, 0.05) is 99.1 Å². The van der Waals surface area contributed by atoms with Crippen molar-refractivity contribution in [3.63, 3.8) is 0 Å². The summed E-state index contributed by atoms with van der Waals surface area (Å²) in [4.78, 5) is 34.3. The van der Waals surface area contributed by atoms with Crippen molar-refractivity contribution in [1.29, 1.82) is 0 Å². The number of piperazine rings is 1. The van der Waals surface area contributed by atoms with E-state index in [-0.39, 0.29) is 36.8 Å². The van der Waals surface area contributed by atoms with Crippen LogP contribution < -0.4 is 21.3 Å². The van der Waals surface area contributed by atoms with Crippen LogP contribution in [0.4, 0.5) is 10.1 Å². The first-order valence-corrected chi connectivity index (χ1v) is 19.5.